The van der Waals surface area contributed by atoms with E-state index in [4.69, 9.17) is 0 Å². The first-order valence-electron chi connectivity index (χ1n) is 7.44. The zero-order valence-corrected chi connectivity index (χ0v) is 13.4. The van der Waals surface area contributed by atoms with E-state index in [0.717, 1.165) is 19.3 Å². The van der Waals surface area contributed by atoms with Gasteiger partial charge < -0.3 is 0 Å². The number of allylic oxidation sites excluding steroid dienone is 4. The van der Waals surface area contributed by atoms with E-state index in [1.807, 2.05) is 0 Å². The van der Waals surface area contributed by atoms with E-state index in [2.05, 4.69) is 19.1 Å². The Morgan fingerprint density at radius 3 is 2.26 bits per heavy atom. The van der Waals surface area contributed by atoms with Crippen LogP contribution in [0.4, 0.5) is 0 Å². The fourth-order valence-corrected chi connectivity index (χ4v) is 4.67. The molecule has 3 aliphatic carbocycles. The molecule has 2 nitrogen and oxygen atoms in total. The predicted octanol–water partition coefficient (Wildman–Crippen LogP) is 4.24. The summed E-state index contributed by atoms with van der Waals surface area (Å²) in [7, 11) is -3.16. The van der Waals surface area contributed by atoms with Crippen molar-refractivity contribution in [2.45, 2.75) is 64.5 Å². The Balaban J connectivity index is 2.26. The second kappa shape index (κ2) is 5.08. The lowest BCUT2D eigenvalue weighted by Crippen LogP contribution is -2.35. The third-order valence-electron chi connectivity index (χ3n) is 4.35. The molecule has 3 aliphatic rings. The van der Waals surface area contributed by atoms with Crippen LogP contribution >= 0.6 is 0 Å². The van der Waals surface area contributed by atoms with Gasteiger partial charge in [0.05, 0.1) is 4.75 Å². The van der Waals surface area contributed by atoms with Crippen LogP contribution in [0.2, 0.25) is 0 Å². The summed E-state index contributed by atoms with van der Waals surface area (Å²) in [5.74, 6) is 0.518. The van der Waals surface area contributed by atoms with Crippen molar-refractivity contribution in [3.05, 3.63) is 22.6 Å². The maximum absolute atomic E-state index is 12.6. The standard InChI is InChI=1S/C16H26O2S/c1-5-6-7-12-10-14-9-8-13(12)11-15(14)19(17,18)16(2,3)4/h10-11,13-14H,5-9H2,1-4H3. The molecule has 0 amide bonds. The maximum atomic E-state index is 12.6. The molecule has 0 heterocycles. The average Bonchev–Trinajstić information content (AvgIpc) is 2.35. The smallest absolute Gasteiger partial charge is 0.179 e. The van der Waals surface area contributed by atoms with E-state index in [9.17, 15) is 8.42 Å². The average molecular weight is 282 g/mol. The third-order valence-corrected chi connectivity index (χ3v) is 7.02. The quantitative estimate of drug-likeness (QED) is 0.723. The Morgan fingerprint density at radius 2 is 1.79 bits per heavy atom. The van der Waals surface area contributed by atoms with Crippen molar-refractivity contribution in [3.63, 3.8) is 0 Å². The molecule has 2 bridgehead atoms. The highest BCUT2D eigenvalue weighted by molar-refractivity contribution is 7.96. The van der Waals surface area contributed by atoms with Gasteiger partial charge in [-0.2, -0.15) is 0 Å². The molecule has 0 saturated heterocycles. The van der Waals surface area contributed by atoms with Gasteiger partial charge in [0.15, 0.2) is 9.84 Å². The summed E-state index contributed by atoms with van der Waals surface area (Å²) in [6.45, 7) is 7.60. The topological polar surface area (TPSA) is 34.1 Å². The van der Waals surface area contributed by atoms with Crippen LogP contribution in [-0.4, -0.2) is 13.2 Å². The van der Waals surface area contributed by atoms with Gasteiger partial charge in [-0.25, -0.2) is 8.42 Å². The molecule has 0 fully saturated rings. The van der Waals surface area contributed by atoms with Gasteiger partial charge >= 0.3 is 0 Å². The first-order valence-corrected chi connectivity index (χ1v) is 8.92. The van der Waals surface area contributed by atoms with Gasteiger partial charge in [0, 0.05) is 10.8 Å². The second-order valence-corrected chi connectivity index (χ2v) is 9.52. The molecule has 3 heteroatoms. The summed E-state index contributed by atoms with van der Waals surface area (Å²) in [4.78, 5) is 0.691. The Labute approximate surface area is 117 Å². The molecule has 0 aromatic heterocycles. The van der Waals surface area contributed by atoms with Crippen LogP contribution in [0, 0.1) is 11.8 Å². The van der Waals surface area contributed by atoms with E-state index < -0.39 is 14.6 Å². The summed E-state index contributed by atoms with van der Waals surface area (Å²) in [6, 6.07) is 0. The SMILES string of the molecule is CCCCC1=CC2CCC1C=C2S(=O)(=O)C(C)(C)C. The fraction of sp³-hybridized carbons (Fsp3) is 0.750. The number of sulfone groups is 1. The second-order valence-electron chi connectivity index (χ2n) is 6.82. The van der Waals surface area contributed by atoms with Gasteiger partial charge in [-0.05, 0) is 52.4 Å². The normalized spacial score (nSPS) is 27.2. The van der Waals surface area contributed by atoms with Crippen molar-refractivity contribution in [2.24, 2.45) is 11.8 Å². The van der Waals surface area contributed by atoms with Gasteiger partial charge in [0.2, 0.25) is 0 Å². The first-order chi connectivity index (χ1) is 8.77. The summed E-state index contributed by atoms with van der Waals surface area (Å²) in [5, 5.41) is 0. The summed E-state index contributed by atoms with van der Waals surface area (Å²) in [6.07, 6.45) is 9.99. The Hall–Kier alpha value is -0.570. The summed E-state index contributed by atoms with van der Waals surface area (Å²) >= 11 is 0. The van der Waals surface area contributed by atoms with Crippen LogP contribution in [0.15, 0.2) is 22.6 Å². The van der Waals surface area contributed by atoms with E-state index in [-0.39, 0.29) is 5.92 Å². The van der Waals surface area contributed by atoms with Gasteiger partial charge in [-0.1, -0.05) is 31.1 Å². The van der Waals surface area contributed by atoms with Gasteiger partial charge in [-0.3, -0.25) is 0 Å². The lowest BCUT2D eigenvalue weighted by molar-refractivity contribution is 0.470. The Bertz CT molecular complexity index is 503. The fourth-order valence-electron chi connectivity index (χ4n) is 3.04. The lowest BCUT2D eigenvalue weighted by atomic mass is 9.75. The zero-order valence-electron chi connectivity index (χ0n) is 12.6. The minimum absolute atomic E-state index is 0.140. The summed E-state index contributed by atoms with van der Waals surface area (Å²) in [5.41, 5.74) is 1.48. The van der Waals surface area contributed by atoms with E-state index in [0.29, 0.717) is 10.8 Å². The van der Waals surface area contributed by atoms with Crippen molar-refractivity contribution in [2.75, 3.05) is 0 Å². The molecule has 3 rings (SSSR count). The third kappa shape index (κ3) is 2.67. The molecule has 0 aromatic carbocycles. The molecule has 2 unspecified atom stereocenters. The van der Waals surface area contributed by atoms with Gasteiger partial charge in [-0.15, -0.1) is 0 Å². The molecule has 2 atom stereocenters. The molecule has 0 N–H and O–H groups in total. The first kappa shape index (κ1) is 14.8. The number of rotatable bonds is 4. The molecule has 0 aromatic rings. The maximum Gasteiger partial charge on any atom is 0.179 e. The zero-order chi connectivity index (χ0) is 14.3. The van der Waals surface area contributed by atoms with Crippen LogP contribution in [0.5, 0.6) is 0 Å². The minimum atomic E-state index is -3.16. The Kier molecular flexibility index (Phi) is 3.97. The molecule has 0 saturated carbocycles. The van der Waals surface area contributed by atoms with Crippen molar-refractivity contribution in [1.29, 1.82) is 0 Å². The van der Waals surface area contributed by atoms with E-state index in [1.165, 1.54) is 18.4 Å². The van der Waals surface area contributed by atoms with Gasteiger partial charge in [0.25, 0.3) is 0 Å². The lowest BCUT2D eigenvalue weighted by Gasteiger charge is -2.37. The predicted molar refractivity (Wildman–Crippen MR) is 80.6 cm³/mol. The molecule has 0 aliphatic heterocycles. The number of unbranched alkanes of at least 4 members (excludes halogenated alkanes) is 1. The minimum Gasteiger partial charge on any atom is -0.223 e. The molecule has 108 valence electrons. The molecule has 0 radical (unpaired) electrons. The monoisotopic (exact) mass is 282 g/mol. The van der Waals surface area contributed by atoms with E-state index in [1.54, 1.807) is 20.8 Å². The Morgan fingerprint density at radius 1 is 1.16 bits per heavy atom. The molecular formula is C16H26O2S. The highest BCUT2D eigenvalue weighted by Gasteiger charge is 2.40. The summed E-state index contributed by atoms with van der Waals surface area (Å²) < 4.78 is 24.6. The number of hydrogen-bond acceptors (Lipinski definition) is 2. The highest BCUT2D eigenvalue weighted by Crippen LogP contribution is 2.45. The number of fused-ring (bicyclic) bond motifs is 1. The van der Waals surface area contributed by atoms with Crippen LogP contribution in [0.1, 0.15) is 59.8 Å². The van der Waals surface area contributed by atoms with Crippen LogP contribution < -0.4 is 0 Å². The van der Waals surface area contributed by atoms with Crippen molar-refractivity contribution in [1.82, 2.24) is 0 Å². The highest BCUT2D eigenvalue weighted by atomic mass is 32.2. The van der Waals surface area contributed by atoms with Crippen molar-refractivity contribution < 1.29 is 8.42 Å². The van der Waals surface area contributed by atoms with Crippen molar-refractivity contribution in [3.8, 4) is 0 Å². The van der Waals surface area contributed by atoms with E-state index >= 15 is 0 Å². The van der Waals surface area contributed by atoms with Gasteiger partial charge in [0.1, 0.15) is 0 Å². The molecule has 0 spiro atoms. The van der Waals surface area contributed by atoms with Crippen molar-refractivity contribution >= 4 is 9.84 Å². The van der Waals surface area contributed by atoms with Crippen LogP contribution in [0.25, 0.3) is 0 Å². The molecular weight excluding hydrogens is 256 g/mol. The van der Waals surface area contributed by atoms with Crippen LogP contribution in [-0.2, 0) is 9.84 Å². The van der Waals surface area contributed by atoms with Crippen LogP contribution in [0.3, 0.4) is 0 Å². The molecule has 19 heavy (non-hydrogen) atoms. The number of hydrogen-bond donors (Lipinski definition) is 0. The largest absolute Gasteiger partial charge is 0.223 e.